The molecule has 12 heteroatoms. The Bertz CT molecular complexity index is 898. The average Bonchev–Trinajstić information content (AvgIpc) is 3.04. The molecule has 2 aromatic rings. The van der Waals surface area contributed by atoms with Gasteiger partial charge in [-0.05, 0) is 43.4 Å². The number of rotatable bonds is 5. The second kappa shape index (κ2) is 9.76. The average molecular weight is 426 g/mol. The number of nitrogens with one attached hydrogen (secondary N) is 2. The van der Waals surface area contributed by atoms with Gasteiger partial charge in [-0.3, -0.25) is 0 Å². The highest BCUT2D eigenvalue weighted by molar-refractivity contribution is 6.61. The lowest BCUT2D eigenvalue weighted by molar-refractivity contribution is -0.192. The summed E-state index contributed by atoms with van der Waals surface area (Å²) in [6.45, 7) is 6.67. The van der Waals surface area contributed by atoms with Crippen LogP contribution in [0, 0.1) is 6.92 Å². The fourth-order valence-electron chi connectivity index (χ4n) is 2.42. The third-order valence-electron chi connectivity index (χ3n) is 4.27. The molecule has 0 spiro atoms. The molecule has 0 aliphatic carbocycles. The number of carbonyl (C=O) groups is 1. The first-order valence-corrected chi connectivity index (χ1v) is 9.11. The molecular weight excluding hydrogens is 404 g/mol. The molecule has 4 N–H and O–H groups in total. The molecule has 0 saturated carbocycles. The van der Waals surface area contributed by atoms with Crippen molar-refractivity contribution in [3.05, 3.63) is 35.5 Å². The number of alkyl halides is 3. The summed E-state index contributed by atoms with van der Waals surface area (Å²) in [5.41, 5.74) is 3.69. The third kappa shape index (κ3) is 6.32. The van der Waals surface area contributed by atoms with E-state index in [1.165, 1.54) is 0 Å². The Morgan fingerprint density at radius 3 is 2.67 bits per heavy atom. The molecule has 8 nitrogen and oxygen atoms in total. The molecule has 162 valence electrons. The van der Waals surface area contributed by atoms with Gasteiger partial charge in [0.2, 0.25) is 5.95 Å². The molecule has 2 heterocycles. The number of aliphatic carboxylic acids is 1. The van der Waals surface area contributed by atoms with Crippen LogP contribution in [0.2, 0.25) is 0 Å². The van der Waals surface area contributed by atoms with E-state index in [1.807, 2.05) is 25.1 Å². The molecule has 1 aliphatic rings. The largest absolute Gasteiger partial charge is 0.491 e. The van der Waals surface area contributed by atoms with Gasteiger partial charge in [0, 0.05) is 23.5 Å². The predicted molar refractivity (Wildman–Crippen MR) is 106 cm³/mol. The zero-order valence-electron chi connectivity index (χ0n) is 16.6. The van der Waals surface area contributed by atoms with Crippen molar-refractivity contribution in [1.82, 2.24) is 9.97 Å². The number of hydrogen-bond donors (Lipinski definition) is 4. The van der Waals surface area contributed by atoms with Gasteiger partial charge >= 0.3 is 19.3 Å². The lowest BCUT2D eigenvalue weighted by Gasteiger charge is -2.15. The second-order valence-corrected chi connectivity index (χ2v) is 6.68. The van der Waals surface area contributed by atoms with Crippen molar-refractivity contribution >= 4 is 36.0 Å². The van der Waals surface area contributed by atoms with Crippen molar-refractivity contribution in [2.75, 3.05) is 10.6 Å². The fourth-order valence-corrected chi connectivity index (χ4v) is 2.42. The number of carboxylic acid groups (broad SMARTS) is 1. The number of benzene rings is 1. The normalized spacial score (nSPS) is 13.8. The van der Waals surface area contributed by atoms with E-state index in [-0.39, 0.29) is 0 Å². The number of nitrogens with zero attached hydrogens (tertiary/aromatic N) is 2. The van der Waals surface area contributed by atoms with Gasteiger partial charge in [-0.1, -0.05) is 13.0 Å². The highest BCUT2D eigenvalue weighted by atomic mass is 19.4. The van der Waals surface area contributed by atoms with Gasteiger partial charge in [-0.25, -0.2) is 9.78 Å². The zero-order chi connectivity index (χ0) is 22.5. The molecule has 1 unspecified atom stereocenters. The first-order chi connectivity index (χ1) is 14.0. The maximum absolute atomic E-state index is 10.6. The van der Waals surface area contributed by atoms with Crippen LogP contribution in [0.3, 0.4) is 0 Å². The summed E-state index contributed by atoms with van der Waals surface area (Å²) < 4.78 is 36.9. The monoisotopic (exact) mass is 426 g/mol. The predicted octanol–water partition coefficient (Wildman–Crippen LogP) is 2.59. The van der Waals surface area contributed by atoms with Crippen molar-refractivity contribution in [3.8, 4) is 0 Å². The molecule has 0 amide bonds. The highest BCUT2D eigenvalue weighted by Crippen LogP contribution is 2.20. The summed E-state index contributed by atoms with van der Waals surface area (Å²) in [4.78, 5) is 17.8. The van der Waals surface area contributed by atoms with Crippen LogP contribution in [0.15, 0.2) is 24.4 Å². The lowest BCUT2D eigenvalue weighted by Crippen LogP contribution is -2.27. The van der Waals surface area contributed by atoms with Crippen molar-refractivity contribution < 1.29 is 32.8 Å². The maximum Gasteiger partial charge on any atom is 0.491 e. The van der Waals surface area contributed by atoms with Crippen LogP contribution in [0.1, 0.15) is 31.4 Å². The van der Waals surface area contributed by atoms with Crippen molar-refractivity contribution in [2.45, 2.75) is 46.0 Å². The number of hydrogen-bond acceptors (Lipinski definition) is 7. The SMILES string of the molecule is CCC(C)Nc1nc(Nc2ccc3c(c2)COB3O)ncc1C.O=C(O)C(F)(F)F. The molecular formula is C18H22BF3N4O4. The Kier molecular flexibility index (Phi) is 7.62. The van der Waals surface area contributed by atoms with Gasteiger partial charge in [0.1, 0.15) is 5.82 Å². The maximum atomic E-state index is 10.6. The molecule has 1 aliphatic heterocycles. The Balaban J connectivity index is 0.000000396. The van der Waals surface area contributed by atoms with E-state index in [2.05, 4.69) is 34.4 Å². The molecule has 1 aromatic carbocycles. The van der Waals surface area contributed by atoms with Gasteiger partial charge in [-0.15, -0.1) is 0 Å². The first kappa shape index (κ1) is 23.4. The molecule has 0 radical (unpaired) electrons. The number of halogens is 3. The zero-order valence-corrected chi connectivity index (χ0v) is 16.6. The number of aromatic nitrogens is 2. The summed E-state index contributed by atoms with van der Waals surface area (Å²) in [5, 5.41) is 23.4. The number of anilines is 3. The van der Waals surface area contributed by atoms with Crippen molar-refractivity contribution in [2.24, 2.45) is 0 Å². The van der Waals surface area contributed by atoms with E-state index in [9.17, 15) is 18.2 Å². The molecule has 0 bridgehead atoms. The molecule has 1 aromatic heterocycles. The summed E-state index contributed by atoms with van der Waals surface area (Å²) in [7, 11) is -0.819. The Morgan fingerprint density at radius 1 is 1.40 bits per heavy atom. The van der Waals surface area contributed by atoms with E-state index in [0.717, 1.165) is 34.5 Å². The van der Waals surface area contributed by atoms with E-state index >= 15 is 0 Å². The quantitative estimate of drug-likeness (QED) is 0.540. The van der Waals surface area contributed by atoms with Crippen LogP contribution in [0.5, 0.6) is 0 Å². The molecule has 30 heavy (non-hydrogen) atoms. The summed E-state index contributed by atoms with van der Waals surface area (Å²) in [6.07, 6.45) is -2.25. The Morgan fingerprint density at radius 2 is 2.07 bits per heavy atom. The first-order valence-electron chi connectivity index (χ1n) is 9.11. The topological polar surface area (TPSA) is 117 Å². The van der Waals surface area contributed by atoms with Crippen LogP contribution < -0.4 is 16.1 Å². The van der Waals surface area contributed by atoms with E-state index in [1.54, 1.807) is 6.20 Å². The number of aryl methyl sites for hydroxylation is 1. The van der Waals surface area contributed by atoms with E-state index in [4.69, 9.17) is 14.6 Å². The molecule has 1 atom stereocenters. The molecule has 3 rings (SSSR count). The lowest BCUT2D eigenvalue weighted by atomic mass is 9.79. The van der Waals surface area contributed by atoms with Crippen LogP contribution >= 0.6 is 0 Å². The van der Waals surface area contributed by atoms with Crippen LogP contribution in [-0.4, -0.2) is 45.4 Å². The van der Waals surface area contributed by atoms with Gasteiger partial charge in [-0.2, -0.15) is 18.2 Å². The van der Waals surface area contributed by atoms with Crippen LogP contribution in [0.4, 0.5) is 30.6 Å². The molecule has 0 fully saturated rings. The minimum Gasteiger partial charge on any atom is -0.475 e. The minimum absolute atomic E-state index is 0.357. The standard InChI is InChI=1S/C16H21BN4O2.C2HF3O2/c1-4-11(3)19-15-10(2)8-18-16(21-15)20-13-5-6-14-12(7-13)9-23-17(14)22;3-2(4,5)1(6)7/h5-8,11,22H,4,9H2,1-3H3,(H2,18,19,20,21);(H,6,7). The third-order valence-corrected chi connectivity index (χ3v) is 4.27. The van der Waals surface area contributed by atoms with Gasteiger partial charge < -0.3 is 25.4 Å². The fraction of sp³-hybridized carbons (Fsp3) is 0.389. The second-order valence-electron chi connectivity index (χ2n) is 6.68. The van der Waals surface area contributed by atoms with Crippen LogP contribution in [0.25, 0.3) is 0 Å². The summed E-state index contributed by atoms with van der Waals surface area (Å²) in [5.74, 6) is -1.37. The number of carboxylic acids is 1. The Hall–Kier alpha value is -2.86. The van der Waals surface area contributed by atoms with Gasteiger partial charge in [0.15, 0.2) is 0 Å². The smallest absolute Gasteiger partial charge is 0.475 e. The van der Waals surface area contributed by atoms with E-state index in [0.29, 0.717) is 18.6 Å². The Labute approximate surface area is 171 Å². The highest BCUT2D eigenvalue weighted by Gasteiger charge is 2.38. The van der Waals surface area contributed by atoms with Crippen LogP contribution in [-0.2, 0) is 16.1 Å². The number of fused-ring (bicyclic) bond motifs is 1. The summed E-state index contributed by atoms with van der Waals surface area (Å²) in [6, 6.07) is 6.06. The minimum atomic E-state index is -5.08. The molecule has 0 saturated heterocycles. The van der Waals surface area contributed by atoms with E-state index < -0.39 is 19.3 Å². The van der Waals surface area contributed by atoms with Crippen molar-refractivity contribution in [3.63, 3.8) is 0 Å². The summed E-state index contributed by atoms with van der Waals surface area (Å²) >= 11 is 0. The van der Waals surface area contributed by atoms with Crippen molar-refractivity contribution in [1.29, 1.82) is 0 Å². The van der Waals surface area contributed by atoms with Gasteiger partial charge in [0.25, 0.3) is 0 Å². The van der Waals surface area contributed by atoms with Gasteiger partial charge in [0.05, 0.1) is 6.61 Å².